The smallest absolute Gasteiger partial charge is 0.255 e. The maximum atomic E-state index is 14.2. The Hall–Kier alpha value is -2.63. The molecule has 1 aliphatic carbocycles. The van der Waals surface area contributed by atoms with Gasteiger partial charge in [0.2, 0.25) is 0 Å². The van der Waals surface area contributed by atoms with E-state index in [2.05, 4.69) is 10.3 Å². The van der Waals surface area contributed by atoms with Crippen molar-refractivity contribution in [1.82, 2.24) is 4.98 Å². The van der Waals surface area contributed by atoms with E-state index in [1.807, 2.05) is 6.07 Å². The van der Waals surface area contributed by atoms with Crippen LogP contribution in [0.15, 0.2) is 54.9 Å². The molecule has 4 nitrogen and oxygen atoms in total. The minimum Gasteiger partial charge on any atom is -0.486 e. The molecule has 0 atom stereocenters. The lowest BCUT2D eigenvalue weighted by molar-refractivity contribution is 0.102. The van der Waals surface area contributed by atoms with Gasteiger partial charge in [-0.3, -0.25) is 9.78 Å². The number of nitrogens with one attached hydrogen (secondary N) is 1. The first kappa shape index (κ1) is 24.5. The minimum absolute atomic E-state index is 0.00722. The lowest BCUT2D eigenvalue weighted by Gasteiger charge is -2.23. The number of anilines is 1. The van der Waals surface area contributed by atoms with Gasteiger partial charge in [-0.15, -0.1) is 0 Å². The zero-order chi connectivity index (χ0) is 23.9. The van der Waals surface area contributed by atoms with E-state index in [1.165, 1.54) is 50.3 Å². The van der Waals surface area contributed by atoms with Gasteiger partial charge >= 0.3 is 0 Å². The van der Waals surface area contributed by atoms with E-state index < -0.39 is 11.7 Å². The SMILES string of the molecule is O=C(Nc1cc(Cl)c(C2CCCCCCC2)c(Cl)c1)c1ccc(F)c(OCc2cccnc2)c1. The third kappa shape index (κ3) is 6.28. The third-order valence-corrected chi connectivity index (χ3v) is 6.79. The van der Waals surface area contributed by atoms with Crippen molar-refractivity contribution in [3.05, 3.63) is 87.4 Å². The van der Waals surface area contributed by atoms with Gasteiger partial charge in [-0.2, -0.15) is 0 Å². The molecule has 7 heteroatoms. The van der Waals surface area contributed by atoms with Crippen molar-refractivity contribution in [3.8, 4) is 5.75 Å². The summed E-state index contributed by atoms with van der Waals surface area (Å²) in [4.78, 5) is 16.9. The standard InChI is InChI=1S/C27H27Cl2FN2O2/c28-22-14-21(15-23(29)26(22)19-8-4-2-1-3-5-9-19)32-27(33)20-10-11-24(30)25(13-20)34-17-18-7-6-12-31-16-18/h6-7,10-16,19H,1-5,8-9,17H2,(H,32,33). The summed E-state index contributed by atoms with van der Waals surface area (Å²) in [5.74, 6) is -0.624. The Morgan fingerprint density at radius 2 is 1.74 bits per heavy atom. The highest BCUT2D eigenvalue weighted by Crippen LogP contribution is 2.40. The average molecular weight is 501 g/mol. The lowest BCUT2D eigenvalue weighted by Crippen LogP contribution is -2.13. The van der Waals surface area contributed by atoms with Gasteiger partial charge < -0.3 is 10.1 Å². The molecular formula is C27H27Cl2FN2O2. The van der Waals surface area contributed by atoms with Crippen LogP contribution in [0.2, 0.25) is 10.0 Å². The zero-order valence-corrected chi connectivity index (χ0v) is 20.3. The van der Waals surface area contributed by atoms with Crippen molar-refractivity contribution in [1.29, 1.82) is 0 Å². The first-order valence-corrected chi connectivity index (χ1v) is 12.4. The summed E-state index contributed by atoms with van der Waals surface area (Å²) >= 11 is 13.3. The highest BCUT2D eigenvalue weighted by molar-refractivity contribution is 6.36. The van der Waals surface area contributed by atoms with Gasteiger partial charge in [0.15, 0.2) is 11.6 Å². The number of ether oxygens (including phenoxy) is 1. The van der Waals surface area contributed by atoms with Crippen LogP contribution in [0.4, 0.5) is 10.1 Å². The zero-order valence-electron chi connectivity index (χ0n) is 18.8. The molecule has 0 spiro atoms. The molecule has 1 fully saturated rings. The van der Waals surface area contributed by atoms with Gasteiger partial charge in [-0.25, -0.2) is 4.39 Å². The Kier molecular flexibility index (Phi) is 8.41. The highest BCUT2D eigenvalue weighted by Gasteiger charge is 2.21. The number of amides is 1. The summed E-state index contributed by atoms with van der Waals surface area (Å²) < 4.78 is 19.8. The summed E-state index contributed by atoms with van der Waals surface area (Å²) in [6.45, 7) is 0.143. The molecule has 0 bridgehead atoms. The van der Waals surface area contributed by atoms with E-state index in [9.17, 15) is 9.18 Å². The van der Waals surface area contributed by atoms with Crippen LogP contribution in [0.1, 0.15) is 72.3 Å². The van der Waals surface area contributed by atoms with Crippen molar-refractivity contribution in [2.75, 3.05) is 5.32 Å². The third-order valence-electron chi connectivity index (χ3n) is 6.16. The summed E-state index contributed by atoms with van der Waals surface area (Å²) in [5, 5.41) is 3.94. The van der Waals surface area contributed by atoms with Crippen LogP contribution >= 0.6 is 23.2 Å². The van der Waals surface area contributed by atoms with Crippen LogP contribution in [-0.2, 0) is 6.61 Å². The number of carbonyl (C=O) groups is 1. The largest absolute Gasteiger partial charge is 0.486 e. The van der Waals surface area contributed by atoms with Gasteiger partial charge in [-0.05, 0) is 60.7 Å². The van der Waals surface area contributed by atoms with Gasteiger partial charge in [0.25, 0.3) is 5.91 Å². The first-order chi connectivity index (χ1) is 16.5. The number of nitrogens with zero attached hydrogens (tertiary/aromatic N) is 1. The van der Waals surface area contributed by atoms with Crippen LogP contribution in [0, 0.1) is 5.82 Å². The molecule has 4 rings (SSSR count). The summed E-state index contributed by atoms with van der Waals surface area (Å²) in [6, 6.07) is 11.1. The minimum atomic E-state index is -0.546. The van der Waals surface area contributed by atoms with E-state index in [0.29, 0.717) is 21.7 Å². The Labute approximate surface area is 209 Å². The molecule has 2 aromatic carbocycles. The predicted octanol–water partition coefficient (Wildman–Crippen LogP) is 8.19. The quantitative estimate of drug-likeness (QED) is 0.371. The van der Waals surface area contributed by atoms with Crippen molar-refractivity contribution < 1.29 is 13.9 Å². The lowest BCUT2D eigenvalue weighted by atomic mass is 9.86. The maximum absolute atomic E-state index is 14.2. The molecule has 0 aliphatic heterocycles. The van der Waals surface area contributed by atoms with E-state index in [1.54, 1.807) is 30.6 Å². The Morgan fingerprint density at radius 3 is 2.41 bits per heavy atom. The summed E-state index contributed by atoms with van der Waals surface area (Å²) in [7, 11) is 0. The molecule has 1 amide bonds. The van der Waals surface area contributed by atoms with Crippen molar-refractivity contribution >= 4 is 34.8 Å². The van der Waals surface area contributed by atoms with Crippen LogP contribution in [0.3, 0.4) is 0 Å². The normalized spacial score (nSPS) is 14.8. The maximum Gasteiger partial charge on any atom is 0.255 e. The average Bonchev–Trinajstić information content (AvgIpc) is 2.80. The van der Waals surface area contributed by atoms with Crippen LogP contribution in [0.5, 0.6) is 5.75 Å². The molecule has 0 radical (unpaired) electrons. The summed E-state index contributed by atoms with van der Waals surface area (Å²) in [6.07, 6.45) is 11.6. The van der Waals surface area contributed by atoms with Gasteiger partial charge in [-0.1, -0.05) is 61.4 Å². The molecule has 1 heterocycles. The van der Waals surface area contributed by atoms with Crippen LogP contribution in [-0.4, -0.2) is 10.9 Å². The molecule has 0 unspecified atom stereocenters. The van der Waals surface area contributed by atoms with Crippen LogP contribution < -0.4 is 10.1 Å². The number of pyridine rings is 1. The second-order valence-electron chi connectivity index (χ2n) is 8.64. The number of rotatable bonds is 6. The van der Waals surface area contributed by atoms with Gasteiger partial charge in [0.1, 0.15) is 6.61 Å². The van der Waals surface area contributed by atoms with E-state index >= 15 is 0 Å². The molecule has 178 valence electrons. The van der Waals surface area contributed by atoms with E-state index in [4.69, 9.17) is 27.9 Å². The molecule has 0 saturated heterocycles. The monoisotopic (exact) mass is 500 g/mol. The highest BCUT2D eigenvalue weighted by atomic mass is 35.5. The van der Waals surface area contributed by atoms with E-state index in [0.717, 1.165) is 24.0 Å². The second-order valence-corrected chi connectivity index (χ2v) is 9.46. The van der Waals surface area contributed by atoms with Gasteiger partial charge in [0.05, 0.1) is 0 Å². The topological polar surface area (TPSA) is 51.2 Å². The van der Waals surface area contributed by atoms with Gasteiger partial charge in [0, 0.05) is 39.3 Å². The Balaban J connectivity index is 1.47. The molecule has 1 aliphatic rings. The van der Waals surface area contributed by atoms with Crippen molar-refractivity contribution in [2.24, 2.45) is 0 Å². The molecule has 1 aromatic heterocycles. The number of carbonyl (C=O) groups excluding carboxylic acids is 1. The fourth-order valence-corrected chi connectivity index (χ4v) is 5.19. The molecule has 3 aromatic rings. The second kappa shape index (κ2) is 11.7. The van der Waals surface area contributed by atoms with Crippen LogP contribution in [0.25, 0.3) is 0 Å². The number of halogens is 3. The number of benzene rings is 2. The Morgan fingerprint density at radius 1 is 1.03 bits per heavy atom. The fraction of sp³-hybridized carbons (Fsp3) is 0.333. The van der Waals surface area contributed by atoms with Crippen molar-refractivity contribution in [2.45, 2.75) is 57.5 Å². The van der Waals surface area contributed by atoms with E-state index in [-0.39, 0.29) is 17.9 Å². The Bertz CT molecular complexity index is 1110. The predicted molar refractivity (Wildman–Crippen MR) is 134 cm³/mol. The molecule has 1 N–H and O–H groups in total. The number of hydrogen-bond acceptors (Lipinski definition) is 3. The number of hydrogen-bond donors (Lipinski definition) is 1. The van der Waals surface area contributed by atoms with Crippen molar-refractivity contribution in [3.63, 3.8) is 0 Å². The molecule has 34 heavy (non-hydrogen) atoms. The molecular weight excluding hydrogens is 474 g/mol. The number of aromatic nitrogens is 1. The molecule has 1 saturated carbocycles. The first-order valence-electron chi connectivity index (χ1n) is 11.6. The summed E-state index contributed by atoms with van der Waals surface area (Å²) in [5.41, 5.74) is 2.53. The fourth-order valence-electron chi connectivity index (χ4n) is 4.39.